The van der Waals surface area contributed by atoms with Crippen LogP contribution in [0.3, 0.4) is 0 Å². The van der Waals surface area contributed by atoms with E-state index in [0.717, 1.165) is 11.1 Å². The maximum absolute atomic E-state index is 14.1. The maximum Gasteiger partial charge on any atom is 0.460 e. The summed E-state index contributed by atoms with van der Waals surface area (Å²) < 4.78 is 233. The molecule has 3 nitrogen and oxygen atoms in total. The van der Waals surface area contributed by atoms with Crippen LogP contribution < -0.4 is 4.74 Å². The van der Waals surface area contributed by atoms with Crippen LogP contribution in [-0.4, -0.2) is 60.5 Å². The lowest BCUT2D eigenvalue weighted by molar-refractivity contribution is -0.461. The van der Waals surface area contributed by atoms with E-state index in [2.05, 4.69) is 4.99 Å². The third-order valence-corrected chi connectivity index (χ3v) is 7.15. The summed E-state index contributed by atoms with van der Waals surface area (Å²) in [5.74, 6) is -56.6. The number of ether oxygens (including phenoxy) is 1. The largest absolute Gasteiger partial charge is 0.494 e. The SMILES string of the molecule is N#Cc1ccc(-c2ccc(N=Cc3ccc(OCCCC(F)(F)C(F)(F)C(F)(F)C(F)(F)C(F)(F)C(F)(F)C(F)(F)C(F)(F)F)cc3)cc2)cc1. The highest BCUT2D eigenvalue weighted by molar-refractivity contribution is 5.82. The van der Waals surface area contributed by atoms with E-state index < -0.39 is 67.1 Å². The molecule has 278 valence electrons. The molecule has 0 unspecified atom stereocenters. The molecule has 0 amide bonds. The predicted octanol–water partition coefficient (Wildman–Crippen LogP) is 11.1. The van der Waals surface area contributed by atoms with Crippen LogP contribution in [0.1, 0.15) is 24.0 Å². The zero-order valence-corrected chi connectivity index (χ0v) is 24.9. The van der Waals surface area contributed by atoms with Crippen LogP contribution in [0.4, 0.5) is 80.3 Å². The molecule has 0 atom stereocenters. The van der Waals surface area contributed by atoms with Gasteiger partial charge < -0.3 is 4.74 Å². The second kappa shape index (κ2) is 13.9. The molecular formula is C31H19F17N2O. The third kappa shape index (κ3) is 7.42. The average molecular weight is 758 g/mol. The van der Waals surface area contributed by atoms with Crippen molar-refractivity contribution in [1.82, 2.24) is 0 Å². The molecule has 0 saturated carbocycles. The first kappa shape index (κ1) is 40.9. The number of nitriles is 1. The molecule has 3 aromatic rings. The van der Waals surface area contributed by atoms with Crippen molar-refractivity contribution in [1.29, 1.82) is 5.26 Å². The monoisotopic (exact) mass is 758 g/mol. The van der Waals surface area contributed by atoms with E-state index in [-0.39, 0.29) is 5.75 Å². The van der Waals surface area contributed by atoms with Crippen LogP contribution in [0.5, 0.6) is 5.75 Å². The topological polar surface area (TPSA) is 45.4 Å². The summed E-state index contributed by atoms with van der Waals surface area (Å²) in [6, 6.07) is 20.7. The van der Waals surface area contributed by atoms with Gasteiger partial charge in [-0.1, -0.05) is 24.3 Å². The number of benzene rings is 3. The van der Waals surface area contributed by atoms with Gasteiger partial charge in [0.15, 0.2) is 0 Å². The fourth-order valence-corrected chi connectivity index (χ4v) is 4.11. The second-order valence-electron chi connectivity index (χ2n) is 10.7. The highest BCUT2D eigenvalue weighted by Crippen LogP contribution is 2.64. The van der Waals surface area contributed by atoms with Crippen molar-refractivity contribution in [2.75, 3.05) is 6.61 Å². The lowest BCUT2D eigenvalue weighted by Gasteiger charge is -2.42. The molecule has 51 heavy (non-hydrogen) atoms. The van der Waals surface area contributed by atoms with Crippen LogP contribution in [0.25, 0.3) is 11.1 Å². The van der Waals surface area contributed by atoms with E-state index in [4.69, 9.17) is 10.00 Å². The molecule has 0 N–H and O–H groups in total. The Morgan fingerprint density at radius 2 is 0.980 bits per heavy atom. The summed E-state index contributed by atoms with van der Waals surface area (Å²) in [7, 11) is 0. The lowest BCUT2D eigenvalue weighted by atomic mass is 9.88. The van der Waals surface area contributed by atoms with Crippen molar-refractivity contribution in [3.63, 3.8) is 0 Å². The van der Waals surface area contributed by atoms with Gasteiger partial charge in [-0.3, -0.25) is 4.99 Å². The van der Waals surface area contributed by atoms with Crippen LogP contribution in [0.15, 0.2) is 77.8 Å². The summed E-state index contributed by atoms with van der Waals surface area (Å²) in [5, 5.41) is 8.88. The van der Waals surface area contributed by atoms with Gasteiger partial charge in [0.1, 0.15) is 5.75 Å². The first-order valence-electron chi connectivity index (χ1n) is 13.8. The number of halogens is 17. The molecule has 0 aliphatic heterocycles. The fraction of sp³-hybridized carbons (Fsp3) is 0.355. The quantitative estimate of drug-likeness (QED) is 0.0934. The van der Waals surface area contributed by atoms with Crippen molar-refractivity contribution in [2.45, 2.75) is 60.5 Å². The maximum atomic E-state index is 14.1. The van der Waals surface area contributed by atoms with Crippen molar-refractivity contribution in [2.24, 2.45) is 4.99 Å². The smallest absolute Gasteiger partial charge is 0.460 e. The highest BCUT2D eigenvalue weighted by atomic mass is 19.4. The molecular weight excluding hydrogens is 739 g/mol. The minimum absolute atomic E-state index is 0.154. The van der Waals surface area contributed by atoms with E-state index in [1.807, 2.05) is 6.07 Å². The van der Waals surface area contributed by atoms with Crippen molar-refractivity contribution >= 4 is 11.9 Å². The Morgan fingerprint density at radius 3 is 1.43 bits per heavy atom. The molecule has 0 aliphatic carbocycles. The van der Waals surface area contributed by atoms with Gasteiger partial charge in [0, 0.05) is 12.6 Å². The molecule has 0 saturated heterocycles. The second-order valence-corrected chi connectivity index (χ2v) is 10.7. The van der Waals surface area contributed by atoms with Gasteiger partial charge in [-0.05, 0) is 71.6 Å². The van der Waals surface area contributed by atoms with Crippen LogP contribution >= 0.6 is 0 Å². The Morgan fingerprint density at radius 1 is 0.549 bits per heavy atom. The molecule has 0 spiro atoms. The number of alkyl halides is 17. The first-order valence-corrected chi connectivity index (χ1v) is 13.8. The van der Waals surface area contributed by atoms with Gasteiger partial charge in [-0.2, -0.15) is 79.9 Å². The predicted molar refractivity (Wildman–Crippen MR) is 146 cm³/mol. The Balaban J connectivity index is 1.62. The molecule has 0 radical (unpaired) electrons. The van der Waals surface area contributed by atoms with Gasteiger partial charge >= 0.3 is 47.6 Å². The minimum atomic E-state index is -8.65. The number of nitrogens with zero attached hydrogens (tertiary/aromatic N) is 2. The summed E-state index contributed by atoms with van der Waals surface area (Å²) in [6.45, 7) is -1.04. The Labute approximate surface area is 276 Å². The fourth-order valence-electron chi connectivity index (χ4n) is 4.11. The standard InChI is InChI=1S/C31H19F17N2O/c32-24(33,25(34,35)26(36,37)27(38,39)28(40,41)29(42,43)30(44,45)31(46,47)48)14-1-15-51-23-12-4-19(5-13-23)17-50-22-10-8-21(9-11-22)20-6-2-18(16-49)3-7-20/h2-13,17H,1,14-15H2. The van der Waals surface area contributed by atoms with Crippen molar-refractivity contribution < 1.29 is 79.4 Å². The Bertz CT molecular complexity index is 1710. The van der Waals surface area contributed by atoms with Gasteiger partial charge in [0.05, 0.1) is 23.9 Å². The highest BCUT2D eigenvalue weighted by Gasteiger charge is 2.95. The molecule has 0 fully saturated rings. The van der Waals surface area contributed by atoms with Crippen molar-refractivity contribution in [3.8, 4) is 22.9 Å². The number of hydrogen-bond donors (Lipinski definition) is 0. The van der Waals surface area contributed by atoms with E-state index >= 15 is 0 Å². The van der Waals surface area contributed by atoms with E-state index in [1.54, 1.807) is 48.5 Å². The summed E-state index contributed by atoms with van der Waals surface area (Å²) in [4.78, 5) is 4.23. The van der Waals surface area contributed by atoms with Gasteiger partial charge in [0.2, 0.25) is 0 Å². The lowest BCUT2D eigenvalue weighted by Crippen LogP contribution is -2.74. The molecule has 0 heterocycles. The summed E-state index contributed by atoms with van der Waals surface area (Å²) >= 11 is 0. The molecule has 0 bridgehead atoms. The van der Waals surface area contributed by atoms with Crippen LogP contribution in [0.2, 0.25) is 0 Å². The molecule has 0 aliphatic rings. The van der Waals surface area contributed by atoms with Gasteiger partial charge in [-0.15, -0.1) is 0 Å². The molecule has 3 rings (SSSR count). The molecule has 3 aromatic carbocycles. The average Bonchev–Trinajstić information content (AvgIpc) is 3.05. The van der Waals surface area contributed by atoms with Crippen molar-refractivity contribution in [3.05, 3.63) is 83.9 Å². The summed E-state index contributed by atoms with van der Waals surface area (Å²) in [5.41, 5.74) is 3.08. The zero-order chi connectivity index (χ0) is 38.9. The van der Waals surface area contributed by atoms with Gasteiger partial charge in [-0.25, -0.2) is 0 Å². The van der Waals surface area contributed by atoms with Crippen LogP contribution in [-0.2, 0) is 0 Å². The zero-order valence-electron chi connectivity index (χ0n) is 24.9. The van der Waals surface area contributed by atoms with E-state index in [9.17, 15) is 74.6 Å². The minimum Gasteiger partial charge on any atom is -0.494 e. The first-order chi connectivity index (χ1) is 23.2. The third-order valence-electron chi connectivity index (χ3n) is 7.15. The van der Waals surface area contributed by atoms with Crippen LogP contribution in [0, 0.1) is 11.3 Å². The van der Waals surface area contributed by atoms with E-state index in [0.29, 0.717) is 16.8 Å². The number of rotatable bonds is 14. The molecule has 0 aromatic heterocycles. The summed E-state index contributed by atoms with van der Waals surface area (Å²) in [6.07, 6.45) is -10.4. The van der Waals surface area contributed by atoms with E-state index in [1.165, 1.54) is 30.5 Å². The normalized spacial score (nSPS) is 14.1. The number of aliphatic imine (C=N–C) groups is 1. The Hall–Kier alpha value is -4.57. The number of hydrogen-bond acceptors (Lipinski definition) is 3. The molecule has 20 heteroatoms. The van der Waals surface area contributed by atoms with Gasteiger partial charge in [0.25, 0.3) is 0 Å². The Kier molecular flexibility index (Phi) is 11.1.